The van der Waals surface area contributed by atoms with E-state index < -0.39 is 0 Å². The fourth-order valence-corrected chi connectivity index (χ4v) is 3.01. The molecule has 2 aliphatic heterocycles. The third kappa shape index (κ3) is 2.81. The normalized spacial score (nSPS) is 29.3. The summed E-state index contributed by atoms with van der Waals surface area (Å²) in [7, 11) is 1.70. The van der Waals surface area contributed by atoms with Crippen LogP contribution in [0.25, 0.3) is 0 Å². The highest BCUT2D eigenvalue weighted by Crippen LogP contribution is 2.30. The average Bonchev–Trinajstić information content (AvgIpc) is 3.10. The molecule has 0 radical (unpaired) electrons. The first kappa shape index (κ1) is 14.5. The van der Waals surface area contributed by atoms with Gasteiger partial charge in [0.15, 0.2) is 0 Å². The molecule has 21 heavy (non-hydrogen) atoms. The first-order valence-corrected chi connectivity index (χ1v) is 7.36. The molecular weight excluding hydrogens is 268 g/mol. The number of nitrogens with zero attached hydrogens (tertiary/aromatic N) is 1. The van der Waals surface area contributed by atoms with Crippen molar-refractivity contribution >= 4 is 5.91 Å². The summed E-state index contributed by atoms with van der Waals surface area (Å²) in [6, 6.07) is 8.29. The zero-order valence-corrected chi connectivity index (χ0v) is 12.6. The highest BCUT2D eigenvalue weighted by Gasteiger charge is 2.42. The van der Waals surface area contributed by atoms with Gasteiger partial charge in [0.25, 0.3) is 0 Å². The molecule has 1 aromatic rings. The molecule has 2 fully saturated rings. The van der Waals surface area contributed by atoms with Gasteiger partial charge in [-0.1, -0.05) is 29.8 Å². The molecule has 0 aliphatic carbocycles. The van der Waals surface area contributed by atoms with Gasteiger partial charge in [0, 0.05) is 20.1 Å². The maximum atomic E-state index is 12.2. The summed E-state index contributed by atoms with van der Waals surface area (Å²) in [6.07, 6.45) is 0.749. The lowest BCUT2D eigenvalue weighted by molar-refractivity contribution is -0.133. The van der Waals surface area contributed by atoms with Gasteiger partial charge in [-0.25, -0.2) is 0 Å². The second-order valence-electron chi connectivity index (χ2n) is 5.91. The number of hydrogen-bond acceptors (Lipinski definition) is 4. The highest BCUT2D eigenvalue weighted by atomic mass is 16.5. The second-order valence-corrected chi connectivity index (χ2v) is 5.91. The Labute approximate surface area is 125 Å². The topological polar surface area (TPSA) is 50.8 Å². The predicted octanol–water partition coefficient (Wildman–Crippen LogP) is 1.23. The second kappa shape index (κ2) is 5.75. The minimum atomic E-state index is -0.370. The summed E-state index contributed by atoms with van der Waals surface area (Å²) < 4.78 is 11.1. The number of ether oxygens (including phenoxy) is 2. The number of aryl methyl sites for hydroxylation is 1. The molecule has 2 atom stereocenters. The Morgan fingerprint density at radius 2 is 2.19 bits per heavy atom. The Morgan fingerprint density at radius 1 is 1.43 bits per heavy atom. The van der Waals surface area contributed by atoms with Crippen LogP contribution in [-0.4, -0.2) is 49.8 Å². The van der Waals surface area contributed by atoms with Crippen molar-refractivity contribution < 1.29 is 14.3 Å². The van der Waals surface area contributed by atoms with E-state index in [0.29, 0.717) is 26.3 Å². The Bertz CT molecular complexity index is 509. The van der Waals surface area contributed by atoms with Crippen LogP contribution in [0.15, 0.2) is 24.3 Å². The summed E-state index contributed by atoms with van der Waals surface area (Å²) >= 11 is 0. The zero-order chi connectivity index (χ0) is 14.9. The van der Waals surface area contributed by atoms with Gasteiger partial charge in [0.2, 0.25) is 5.91 Å². The number of nitrogens with one attached hydrogen (secondary N) is 1. The molecular formula is C16H22N2O3. The lowest BCUT2D eigenvalue weighted by atomic mass is 10.0. The number of methoxy groups -OCH3 is 1. The molecule has 2 aliphatic rings. The maximum absolute atomic E-state index is 12.2. The van der Waals surface area contributed by atoms with Crippen molar-refractivity contribution in [1.29, 1.82) is 0 Å². The van der Waals surface area contributed by atoms with Gasteiger partial charge in [-0.3, -0.25) is 10.1 Å². The zero-order valence-electron chi connectivity index (χ0n) is 12.6. The van der Waals surface area contributed by atoms with Gasteiger partial charge in [0.1, 0.15) is 11.8 Å². The molecule has 1 N–H and O–H groups in total. The molecule has 5 nitrogen and oxygen atoms in total. The fourth-order valence-electron chi connectivity index (χ4n) is 3.01. The standard InChI is InChI=1S/C16H22N2O3/c1-12-3-5-13(6-4-12)15-17-9-14(19)18(15)10-16(20-2)7-8-21-11-16/h3-6,15,17H,7-11H2,1-2H3. The van der Waals surface area contributed by atoms with Crippen LogP contribution in [0.4, 0.5) is 0 Å². The Morgan fingerprint density at radius 3 is 2.81 bits per heavy atom. The fraction of sp³-hybridized carbons (Fsp3) is 0.562. The van der Waals surface area contributed by atoms with Crippen molar-refractivity contribution in [3.63, 3.8) is 0 Å². The maximum Gasteiger partial charge on any atom is 0.238 e. The molecule has 114 valence electrons. The van der Waals surface area contributed by atoms with Crippen LogP contribution in [0.3, 0.4) is 0 Å². The SMILES string of the molecule is COC1(CN2C(=O)CNC2c2ccc(C)cc2)CCOC1. The van der Waals surface area contributed by atoms with Gasteiger partial charge in [-0.15, -0.1) is 0 Å². The smallest absolute Gasteiger partial charge is 0.238 e. The predicted molar refractivity (Wildman–Crippen MR) is 78.8 cm³/mol. The minimum Gasteiger partial charge on any atom is -0.378 e. The van der Waals surface area contributed by atoms with E-state index in [4.69, 9.17) is 9.47 Å². The lowest BCUT2D eigenvalue weighted by Crippen LogP contribution is -2.47. The number of hydrogen-bond donors (Lipinski definition) is 1. The Balaban J connectivity index is 1.81. The minimum absolute atomic E-state index is 0.0780. The van der Waals surface area contributed by atoms with E-state index in [1.807, 2.05) is 4.90 Å². The van der Waals surface area contributed by atoms with Crippen molar-refractivity contribution in [2.75, 3.05) is 33.4 Å². The van der Waals surface area contributed by atoms with Crippen molar-refractivity contribution in [2.24, 2.45) is 0 Å². The summed E-state index contributed by atoms with van der Waals surface area (Å²) in [5.41, 5.74) is 1.95. The van der Waals surface area contributed by atoms with Gasteiger partial charge < -0.3 is 14.4 Å². The first-order chi connectivity index (χ1) is 10.1. The van der Waals surface area contributed by atoms with Crippen LogP contribution in [-0.2, 0) is 14.3 Å². The number of benzene rings is 1. The molecule has 0 saturated carbocycles. The van der Waals surface area contributed by atoms with Gasteiger partial charge >= 0.3 is 0 Å². The van der Waals surface area contributed by atoms with Crippen LogP contribution < -0.4 is 5.32 Å². The van der Waals surface area contributed by atoms with E-state index in [1.54, 1.807) is 7.11 Å². The van der Waals surface area contributed by atoms with Gasteiger partial charge in [0.05, 0.1) is 19.7 Å². The molecule has 1 amide bonds. The summed E-state index contributed by atoms with van der Waals surface area (Å²) in [6.45, 7) is 4.24. The quantitative estimate of drug-likeness (QED) is 0.906. The molecule has 3 rings (SSSR count). The Hall–Kier alpha value is -1.43. The van der Waals surface area contributed by atoms with E-state index in [1.165, 1.54) is 5.56 Å². The molecule has 0 aromatic heterocycles. The molecule has 2 unspecified atom stereocenters. The molecule has 0 bridgehead atoms. The van der Waals surface area contributed by atoms with Crippen molar-refractivity contribution in [3.05, 3.63) is 35.4 Å². The van der Waals surface area contributed by atoms with Crippen LogP contribution in [0, 0.1) is 6.92 Å². The Kier molecular flexibility index (Phi) is 3.97. The van der Waals surface area contributed by atoms with Crippen LogP contribution >= 0.6 is 0 Å². The molecule has 5 heteroatoms. The van der Waals surface area contributed by atoms with E-state index >= 15 is 0 Å². The summed E-state index contributed by atoms with van der Waals surface area (Å²) in [4.78, 5) is 14.1. The van der Waals surface area contributed by atoms with Crippen molar-refractivity contribution in [1.82, 2.24) is 10.2 Å². The third-order valence-electron chi connectivity index (χ3n) is 4.43. The number of carbonyl (C=O) groups is 1. The third-order valence-corrected chi connectivity index (χ3v) is 4.43. The molecule has 2 saturated heterocycles. The summed E-state index contributed by atoms with van der Waals surface area (Å²) in [5, 5.41) is 3.29. The van der Waals surface area contributed by atoms with Crippen LogP contribution in [0.5, 0.6) is 0 Å². The molecule has 1 aromatic carbocycles. The summed E-state index contributed by atoms with van der Waals surface area (Å²) in [5.74, 6) is 0.115. The number of carbonyl (C=O) groups excluding carboxylic acids is 1. The number of amides is 1. The van der Waals surface area contributed by atoms with Crippen molar-refractivity contribution in [3.8, 4) is 0 Å². The average molecular weight is 290 g/mol. The first-order valence-electron chi connectivity index (χ1n) is 7.36. The van der Waals surface area contributed by atoms with Crippen LogP contribution in [0.1, 0.15) is 23.7 Å². The monoisotopic (exact) mass is 290 g/mol. The molecule has 0 spiro atoms. The van der Waals surface area contributed by atoms with E-state index in [9.17, 15) is 4.79 Å². The molecule has 2 heterocycles. The lowest BCUT2D eigenvalue weighted by Gasteiger charge is -2.34. The number of rotatable bonds is 4. The van der Waals surface area contributed by atoms with Gasteiger partial charge in [-0.05, 0) is 12.5 Å². The van der Waals surface area contributed by atoms with E-state index in [2.05, 4.69) is 36.5 Å². The van der Waals surface area contributed by atoms with E-state index in [0.717, 1.165) is 12.0 Å². The van der Waals surface area contributed by atoms with Gasteiger partial charge in [-0.2, -0.15) is 0 Å². The van der Waals surface area contributed by atoms with E-state index in [-0.39, 0.29) is 17.7 Å². The largest absolute Gasteiger partial charge is 0.378 e. The highest BCUT2D eigenvalue weighted by molar-refractivity contribution is 5.81. The van der Waals surface area contributed by atoms with Crippen molar-refractivity contribution in [2.45, 2.75) is 25.1 Å². The van der Waals surface area contributed by atoms with Crippen LogP contribution in [0.2, 0.25) is 0 Å².